The topological polar surface area (TPSA) is 38.1 Å². The van der Waals surface area contributed by atoms with Gasteiger partial charge in [-0.1, -0.05) is 13.2 Å². The number of rotatable bonds is 4. The van der Waals surface area contributed by atoms with Gasteiger partial charge in [0.1, 0.15) is 5.76 Å². The van der Waals surface area contributed by atoms with Crippen molar-refractivity contribution in [2.75, 3.05) is 0 Å². The minimum Gasteiger partial charge on any atom is -0.508 e. The van der Waals surface area contributed by atoms with Crippen molar-refractivity contribution in [1.29, 1.82) is 0 Å². The van der Waals surface area contributed by atoms with Crippen LogP contribution in [0.4, 0.5) is 0 Å². The summed E-state index contributed by atoms with van der Waals surface area (Å²) < 4.78 is 1.82. The predicted molar refractivity (Wildman–Crippen MR) is 69.9 cm³/mol. The molecule has 1 aromatic heterocycles. The maximum Gasteiger partial charge on any atom is 0.115 e. The van der Waals surface area contributed by atoms with Crippen LogP contribution >= 0.6 is 28.4 Å². The number of hydrogen-bond acceptors (Lipinski definition) is 2. The van der Waals surface area contributed by atoms with Crippen molar-refractivity contribution in [3.8, 4) is 0 Å². The molecular formula is C9H10IN2OP. The molecule has 0 saturated carbocycles. The SMILES string of the molecule is C=C/C(O)=C\C(=C)c1cnn(PI)c1. The Hall–Kier alpha value is -0.610. The summed E-state index contributed by atoms with van der Waals surface area (Å²) in [4.78, 5) is 0. The lowest BCUT2D eigenvalue weighted by Gasteiger charge is -1.95. The van der Waals surface area contributed by atoms with E-state index in [0.717, 1.165) is 11.1 Å². The van der Waals surface area contributed by atoms with Crippen LogP contribution in [-0.4, -0.2) is 14.7 Å². The van der Waals surface area contributed by atoms with Crippen LogP contribution < -0.4 is 0 Å². The van der Waals surface area contributed by atoms with Crippen LogP contribution in [0.5, 0.6) is 0 Å². The highest BCUT2D eigenvalue weighted by molar-refractivity contribution is 14.2. The predicted octanol–water partition coefficient (Wildman–Crippen LogP) is 3.32. The number of aromatic nitrogens is 2. The Morgan fingerprint density at radius 3 is 2.93 bits per heavy atom. The van der Waals surface area contributed by atoms with Gasteiger partial charge in [0.15, 0.2) is 0 Å². The molecule has 0 radical (unpaired) electrons. The summed E-state index contributed by atoms with van der Waals surface area (Å²) in [5.74, 6) is 0.111. The van der Waals surface area contributed by atoms with E-state index < -0.39 is 0 Å². The van der Waals surface area contributed by atoms with Gasteiger partial charge in [0, 0.05) is 11.8 Å². The molecule has 5 heteroatoms. The normalized spacial score (nSPS) is 12.2. The van der Waals surface area contributed by atoms with Crippen molar-refractivity contribution in [2.24, 2.45) is 0 Å². The maximum absolute atomic E-state index is 9.21. The highest BCUT2D eigenvalue weighted by Gasteiger charge is 2.00. The fourth-order valence-electron chi connectivity index (χ4n) is 0.856. The monoisotopic (exact) mass is 320 g/mol. The zero-order valence-corrected chi connectivity index (χ0v) is 10.6. The summed E-state index contributed by atoms with van der Waals surface area (Å²) in [5, 5.41) is 13.3. The van der Waals surface area contributed by atoms with Crippen molar-refractivity contribution >= 4 is 34.0 Å². The van der Waals surface area contributed by atoms with Gasteiger partial charge >= 0.3 is 0 Å². The number of halogens is 1. The second kappa shape index (κ2) is 5.32. The van der Waals surface area contributed by atoms with E-state index in [1.807, 2.05) is 10.6 Å². The lowest BCUT2D eigenvalue weighted by atomic mass is 10.1. The van der Waals surface area contributed by atoms with Crippen LogP contribution in [-0.2, 0) is 0 Å². The zero-order chi connectivity index (χ0) is 10.6. The Balaban J connectivity index is 2.84. The average Bonchev–Trinajstić information content (AvgIpc) is 2.65. The van der Waals surface area contributed by atoms with Crippen LogP contribution in [0.2, 0.25) is 0 Å². The Kier molecular flexibility index (Phi) is 4.35. The van der Waals surface area contributed by atoms with E-state index in [4.69, 9.17) is 0 Å². The van der Waals surface area contributed by atoms with Gasteiger partial charge < -0.3 is 5.11 Å². The highest BCUT2D eigenvalue weighted by Crippen LogP contribution is 2.24. The van der Waals surface area contributed by atoms with E-state index in [1.54, 1.807) is 12.3 Å². The number of aliphatic hydroxyl groups is 1. The quantitative estimate of drug-likeness (QED) is 0.400. The summed E-state index contributed by atoms with van der Waals surface area (Å²) >= 11 is 2.24. The van der Waals surface area contributed by atoms with Gasteiger partial charge in [0.25, 0.3) is 0 Å². The third kappa shape index (κ3) is 2.96. The molecule has 14 heavy (non-hydrogen) atoms. The van der Waals surface area contributed by atoms with Gasteiger partial charge in [-0.25, -0.2) is 4.45 Å². The minimum atomic E-state index is 0.111. The summed E-state index contributed by atoms with van der Waals surface area (Å²) in [6, 6.07) is 0. The van der Waals surface area contributed by atoms with Crippen LogP contribution in [0.15, 0.2) is 43.5 Å². The van der Waals surface area contributed by atoms with E-state index >= 15 is 0 Å². The molecule has 0 saturated heterocycles. The molecule has 1 atom stereocenters. The molecule has 3 nitrogen and oxygen atoms in total. The lowest BCUT2D eigenvalue weighted by molar-refractivity contribution is 0.433. The molecule has 74 valence electrons. The Morgan fingerprint density at radius 2 is 2.43 bits per heavy atom. The third-order valence-electron chi connectivity index (χ3n) is 1.57. The lowest BCUT2D eigenvalue weighted by Crippen LogP contribution is -1.79. The van der Waals surface area contributed by atoms with Crippen molar-refractivity contribution in [3.63, 3.8) is 0 Å². The van der Waals surface area contributed by atoms with Gasteiger partial charge in [0.2, 0.25) is 0 Å². The van der Waals surface area contributed by atoms with Crippen molar-refractivity contribution in [2.45, 2.75) is 0 Å². The van der Waals surface area contributed by atoms with Gasteiger partial charge in [-0.05, 0) is 39.8 Å². The molecule has 1 unspecified atom stereocenters. The molecule has 0 amide bonds. The van der Waals surface area contributed by atoms with Crippen molar-refractivity contribution in [3.05, 3.63) is 49.0 Å². The Bertz CT molecular complexity index is 384. The first-order chi connectivity index (χ1) is 6.67. The average molecular weight is 320 g/mol. The Morgan fingerprint density at radius 1 is 1.71 bits per heavy atom. The van der Waals surface area contributed by atoms with E-state index in [-0.39, 0.29) is 5.76 Å². The minimum absolute atomic E-state index is 0.111. The van der Waals surface area contributed by atoms with E-state index in [0.29, 0.717) is 6.37 Å². The van der Waals surface area contributed by atoms with Gasteiger partial charge in [-0.15, -0.1) is 0 Å². The fourth-order valence-corrected chi connectivity index (χ4v) is 1.94. The third-order valence-corrected chi connectivity index (χ3v) is 3.47. The smallest absolute Gasteiger partial charge is 0.115 e. The molecule has 0 spiro atoms. The summed E-state index contributed by atoms with van der Waals surface area (Å²) in [7, 11) is 0. The highest BCUT2D eigenvalue weighted by atomic mass is 127. The molecule has 0 bridgehead atoms. The second-order valence-electron chi connectivity index (χ2n) is 2.56. The van der Waals surface area contributed by atoms with Gasteiger partial charge in [-0.3, -0.25) is 0 Å². The first kappa shape index (κ1) is 11.5. The standard InChI is InChI=1S/C9H10IN2OP/c1-3-9(13)4-7(2)8-5-11-12(6-8)14-10/h3-6,13-14H,1-2H2/b9-4+. The van der Waals surface area contributed by atoms with E-state index in [2.05, 4.69) is 40.3 Å². The molecule has 0 aromatic carbocycles. The summed E-state index contributed by atoms with van der Waals surface area (Å²) in [5.41, 5.74) is 1.63. The second-order valence-corrected chi connectivity index (χ2v) is 4.63. The van der Waals surface area contributed by atoms with E-state index in [1.165, 1.54) is 6.08 Å². The van der Waals surface area contributed by atoms with Crippen molar-refractivity contribution < 1.29 is 5.11 Å². The first-order valence-corrected chi connectivity index (χ1v) is 7.87. The van der Waals surface area contributed by atoms with Gasteiger partial charge in [0.05, 0.1) is 12.6 Å². The maximum atomic E-state index is 9.21. The molecule has 1 rings (SSSR count). The largest absolute Gasteiger partial charge is 0.508 e. The molecular weight excluding hydrogens is 310 g/mol. The molecule has 0 fully saturated rings. The molecule has 0 aliphatic rings. The molecule has 1 heterocycles. The number of nitrogens with zero attached hydrogens (tertiary/aromatic N) is 2. The zero-order valence-electron chi connectivity index (χ0n) is 7.44. The summed E-state index contributed by atoms with van der Waals surface area (Å²) in [6.45, 7) is 7.27. The first-order valence-electron chi connectivity index (χ1n) is 3.81. The van der Waals surface area contributed by atoms with Crippen LogP contribution in [0, 0.1) is 0 Å². The Labute approximate surface area is 97.5 Å². The van der Waals surface area contributed by atoms with Crippen LogP contribution in [0.1, 0.15) is 5.56 Å². The molecule has 1 N–H and O–H groups in total. The molecule has 1 aromatic rings. The van der Waals surface area contributed by atoms with Crippen LogP contribution in [0.25, 0.3) is 5.57 Å². The number of hydrogen-bond donors (Lipinski definition) is 1. The molecule has 0 aliphatic carbocycles. The van der Waals surface area contributed by atoms with Crippen LogP contribution in [0.3, 0.4) is 0 Å². The molecule has 0 aliphatic heterocycles. The fraction of sp³-hybridized carbons (Fsp3) is 0. The number of aliphatic hydroxyl groups excluding tert-OH is 1. The van der Waals surface area contributed by atoms with Crippen molar-refractivity contribution in [1.82, 2.24) is 9.55 Å². The van der Waals surface area contributed by atoms with E-state index in [9.17, 15) is 5.11 Å². The number of allylic oxidation sites excluding steroid dienone is 3. The van der Waals surface area contributed by atoms with Gasteiger partial charge in [-0.2, -0.15) is 5.10 Å². The summed E-state index contributed by atoms with van der Waals surface area (Å²) in [6.07, 6.45) is 7.11.